The number of alkyl halides is 2. The summed E-state index contributed by atoms with van der Waals surface area (Å²) in [4.78, 5) is 2.49. The van der Waals surface area contributed by atoms with Crippen molar-refractivity contribution in [3.63, 3.8) is 0 Å². The van der Waals surface area contributed by atoms with E-state index in [4.69, 9.17) is 0 Å². The molecule has 1 aliphatic heterocycles. The minimum absolute atomic E-state index is 0.477. The van der Waals surface area contributed by atoms with Crippen LogP contribution in [0.1, 0.15) is 6.42 Å². The van der Waals surface area contributed by atoms with Crippen molar-refractivity contribution in [1.29, 1.82) is 0 Å². The summed E-state index contributed by atoms with van der Waals surface area (Å²) in [6, 6.07) is 0. The highest BCUT2D eigenvalue weighted by atomic mass is 79.9. The first-order valence-electron chi connectivity index (χ1n) is 4.00. The van der Waals surface area contributed by atoms with Gasteiger partial charge in [-0.3, -0.25) is 0 Å². The monoisotopic (exact) mass is 284 g/mol. The van der Waals surface area contributed by atoms with Crippen LogP contribution in [0.3, 0.4) is 0 Å². The summed E-state index contributed by atoms with van der Waals surface area (Å²) >= 11 is 6.95. The average molecular weight is 286 g/mol. The second kappa shape index (κ2) is 5.51. The molecule has 0 aromatic carbocycles. The molecule has 0 bridgehead atoms. The fraction of sp³-hybridized carbons (Fsp3) is 1.00. The van der Waals surface area contributed by atoms with E-state index >= 15 is 0 Å². The molecular formula is C7H14Br2N2. The van der Waals surface area contributed by atoms with E-state index in [1.807, 2.05) is 0 Å². The van der Waals surface area contributed by atoms with Crippen LogP contribution in [-0.2, 0) is 0 Å². The normalized spacial score (nSPS) is 21.0. The summed E-state index contributed by atoms with van der Waals surface area (Å²) in [5.74, 6) is 0. The van der Waals surface area contributed by atoms with Gasteiger partial charge in [0.15, 0.2) is 0 Å². The van der Waals surface area contributed by atoms with Crippen LogP contribution in [0.15, 0.2) is 0 Å². The van der Waals surface area contributed by atoms with E-state index < -0.39 is 0 Å². The van der Waals surface area contributed by atoms with Crippen LogP contribution in [0.5, 0.6) is 0 Å². The number of nitrogens with one attached hydrogen (secondary N) is 1. The molecule has 1 saturated heterocycles. The molecule has 0 amide bonds. The first kappa shape index (κ1) is 9.96. The quantitative estimate of drug-likeness (QED) is 0.789. The van der Waals surface area contributed by atoms with Crippen molar-refractivity contribution in [2.24, 2.45) is 0 Å². The van der Waals surface area contributed by atoms with Gasteiger partial charge in [0.2, 0.25) is 0 Å². The predicted octanol–water partition coefficient (Wildman–Crippen LogP) is 1.40. The zero-order chi connectivity index (χ0) is 8.10. The topological polar surface area (TPSA) is 15.3 Å². The number of hydrogen-bond donors (Lipinski definition) is 1. The fourth-order valence-electron chi connectivity index (χ4n) is 1.21. The summed E-state index contributed by atoms with van der Waals surface area (Å²) < 4.78 is 0.477. The Morgan fingerprint density at radius 2 is 1.91 bits per heavy atom. The van der Waals surface area contributed by atoms with Gasteiger partial charge < -0.3 is 10.2 Å². The molecule has 2 nitrogen and oxygen atoms in total. The number of rotatable bonds is 3. The first-order chi connectivity index (χ1) is 5.29. The van der Waals surface area contributed by atoms with Crippen LogP contribution >= 0.6 is 31.9 Å². The second-order valence-corrected chi connectivity index (χ2v) is 6.21. The van der Waals surface area contributed by atoms with Gasteiger partial charge in [0, 0.05) is 32.7 Å². The zero-order valence-electron chi connectivity index (χ0n) is 6.52. The van der Waals surface area contributed by atoms with Crippen LogP contribution in [-0.4, -0.2) is 41.4 Å². The zero-order valence-corrected chi connectivity index (χ0v) is 9.70. The molecule has 0 aromatic heterocycles. The molecule has 1 heterocycles. The molecule has 0 saturated carbocycles. The molecule has 0 radical (unpaired) electrons. The van der Waals surface area contributed by atoms with Crippen LogP contribution < -0.4 is 5.32 Å². The van der Waals surface area contributed by atoms with E-state index in [2.05, 4.69) is 42.1 Å². The Labute approximate surface area is 85.0 Å². The Balaban J connectivity index is 2.05. The van der Waals surface area contributed by atoms with Crippen molar-refractivity contribution in [3.05, 3.63) is 0 Å². The minimum Gasteiger partial charge on any atom is -0.314 e. The predicted molar refractivity (Wildman–Crippen MR) is 55.6 cm³/mol. The molecule has 0 unspecified atom stereocenters. The Hall–Kier alpha value is 0.880. The molecular weight excluding hydrogens is 272 g/mol. The lowest BCUT2D eigenvalue weighted by Crippen LogP contribution is -2.43. The summed E-state index contributed by atoms with van der Waals surface area (Å²) in [7, 11) is 0. The van der Waals surface area contributed by atoms with Gasteiger partial charge in [0.05, 0.1) is 3.74 Å². The lowest BCUT2D eigenvalue weighted by molar-refractivity contribution is 0.241. The third-order valence-corrected chi connectivity index (χ3v) is 2.79. The molecule has 66 valence electrons. The molecule has 4 heteroatoms. The number of hydrogen-bond acceptors (Lipinski definition) is 2. The van der Waals surface area contributed by atoms with Gasteiger partial charge in [-0.25, -0.2) is 0 Å². The Kier molecular flexibility index (Phi) is 4.99. The van der Waals surface area contributed by atoms with Crippen LogP contribution in [0.25, 0.3) is 0 Å². The minimum atomic E-state index is 0.477. The van der Waals surface area contributed by atoms with E-state index in [9.17, 15) is 0 Å². The van der Waals surface area contributed by atoms with Gasteiger partial charge in [0.25, 0.3) is 0 Å². The Morgan fingerprint density at radius 1 is 1.27 bits per heavy atom. The van der Waals surface area contributed by atoms with Gasteiger partial charge in [0.1, 0.15) is 0 Å². The highest BCUT2D eigenvalue weighted by Gasteiger charge is 2.09. The van der Waals surface area contributed by atoms with Crippen molar-refractivity contribution in [1.82, 2.24) is 10.2 Å². The van der Waals surface area contributed by atoms with Crippen LogP contribution in [0, 0.1) is 0 Å². The molecule has 0 aromatic rings. The summed E-state index contributed by atoms with van der Waals surface area (Å²) in [6.07, 6.45) is 1.18. The summed E-state index contributed by atoms with van der Waals surface area (Å²) in [5.41, 5.74) is 0. The maximum atomic E-state index is 3.48. The second-order valence-electron chi connectivity index (χ2n) is 2.77. The molecule has 0 atom stereocenters. The van der Waals surface area contributed by atoms with Gasteiger partial charge in [-0.1, -0.05) is 31.9 Å². The largest absolute Gasteiger partial charge is 0.314 e. The van der Waals surface area contributed by atoms with Gasteiger partial charge in [-0.2, -0.15) is 0 Å². The SMILES string of the molecule is BrC(Br)CCN1CCNCC1. The van der Waals surface area contributed by atoms with Crippen LogP contribution in [0.2, 0.25) is 0 Å². The lowest BCUT2D eigenvalue weighted by Gasteiger charge is -2.27. The maximum Gasteiger partial charge on any atom is 0.0710 e. The maximum absolute atomic E-state index is 3.48. The fourth-order valence-corrected chi connectivity index (χ4v) is 1.62. The molecule has 0 aliphatic carbocycles. The van der Waals surface area contributed by atoms with Crippen molar-refractivity contribution >= 4 is 31.9 Å². The molecule has 0 spiro atoms. The molecule has 11 heavy (non-hydrogen) atoms. The average Bonchev–Trinajstić information content (AvgIpc) is 2.03. The number of halogens is 2. The molecule has 1 fully saturated rings. The van der Waals surface area contributed by atoms with Gasteiger partial charge in [-0.15, -0.1) is 0 Å². The van der Waals surface area contributed by atoms with E-state index in [0.29, 0.717) is 3.74 Å². The highest BCUT2D eigenvalue weighted by molar-refractivity contribution is 9.24. The van der Waals surface area contributed by atoms with E-state index in [1.54, 1.807) is 0 Å². The third kappa shape index (κ3) is 4.45. The number of nitrogens with zero attached hydrogens (tertiary/aromatic N) is 1. The Morgan fingerprint density at radius 3 is 2.45 bits per heavy atom. The van der Waals surface area contributed by atoms with Gasteiger partial charge in [-0.05, 0) is 6.42 Å². The Bertz CT molecular complexity index is 103. The van der Waals surface area contributed by atoms with Crippen molar-refractivity contribution in [2.45, 2.75) is 10.2 Å². The summed E-state index contributed by atoms with van der Waals surface area (Å²) in [6.45, 7) is 5.90. The standard InChI is InChI=1S/C7H14Br2N2/c8-7(9)1-4-11-5-2-10-3-6-11/h7,10H,1-6H2. The van der Waals surface area contributed by atoms with E-state index in [1.165, 1.54) is 26.1 Å². The lowest BCUT2D eigenvalue weighted by atomic mass is 10.3. The van der Waals surface area contributed by atoms with Gasteiger partial charge >= 0.3 is 0 Å². The highest BCUT2D eigenvalue weighted by Crippen LogP contribution is 2.12. The number of piperazine rings is 1. The van der Waals surface area contributed by atoms with Crippen molar-refractivity contribution in [2.75, 3.05) is 32.7 Å². The summed E-state index contributed by atoms with van der Waals surface area (Å²) in [5, 5.41) is 3.34. The molecule has 1 N–H and O–H groups in total. The van der Waals surface area contributed by atoms with E-state index in [-0.39, 0.29) is 0 Å². The van der Waals surface area contributed by atoms with Crippen molar-refractivity contribution < 1.29 is 0 Å². The first-order valence-corrected chi connectivity index (χ1v) is 5.83. The third-order valence-electron chi connectivity index (χ3n) is 1.87. The van der Waals surface area contributed by atoms with Crippen LogP contribution in [0.4, 0.5) is 0 Å². The molecule has 1 aliphatic rings. The van der Waals surface area contributed by atoms with Crippen molar-refractivity contribution in [3.8, 4) is 0 Å². The smallest absolute Gasteiger partial charge is 0.0710 e. The molecule has 1 rings (SSSR count). The van der Waals surface area contributed by atoms with E-state index in [0.717, 1.165) is 13.1 Å².